The van der Waals surface area contributed by atoms with E-state index in [2.05, 4.69) is 26.6 Å². The smallest absolute Gasteiger partial charge is 0.315 e. The average molecular weight is 369 g/mol. The molecule has 1 atom stereocenters. The molecule has 2 amide bonds. The maximum absolute atomic E-state index is 11.9. The van der Waals surface area contributed by atoms with Gasteiger partial charge in [0.05, 0.1) is 19.2 Å². The molecular formula is C15H17BrN2O2S. The van der Waals surface area contributed by atoms with E-state index in [1.54, 1.807) is 11.3 Å². The van der Waals surface area contributed by atoms with Gasteiger partial charge in [0.25, 0.3) is 0 Å². The van der Waals surface area contributed by atoms with Gasteiger partial charge in [-0.1, -0.05) is 30.3 Å². The lowest BCUT2D eigenvalue weighted by Crippen LogP contribution is -2.44. The Labute approximate surface area is 136 Å². The lowest BCUT2D eigenvalue weighted by molar-refractivity contribution is 0.215. The van der Waals surface area contributed by atoms with Crippen molar-refractivity contribution >= 4 is 33.3 Å². The fraction of sp³-hybridized carbons (Fsp3) is 0.267. The second-order valence-electron chi connectivity index (χ2n) is 4.59. The fourth-order valence-electron chi connectivity index (χ4n) is 1.91. The van der Waals surface area contributed by atoms with Crippen LogP contribution in [0.3, 0.4) is 0 Å². The maximum Gasteiger partial charge on any atom is 0.315 e. The predicted molar refractivity (Wildman–Crippen MR) is 88.4 cm³/mol. The molecule has 0 aliphatic rings. The molecule has 1 heterocycles. The lowest BCUT2D eigenvalue weighted by atomic mass is 10.1. The average Bonchev–Trinajstić information content (AvgIpc) is 2.91. The third-order valence-electron chi connectivity index (χ3n) is 2.98. The molecule has 0 saturated heterocycles. The van der Waals surface area contributed by atoms with Gasteiger partial charge in [0, 0.05) is 9.35 Å². The van der Waals surface area contributed by atoms with E-state index in [1.165, 1.54) is 0 Å². The van der Waals surface area contributed by atoms with Crippen LogP contribution in [0.15, 0.2) is 46.3 Å². The molecule has 2 rings (SSSR count). The van der Waals surface area contributed by atoms with E-state index < -0.39 is 0 Å². The summed E-state index contributed by atoms with van der Waals surface area (Å²) < 4.78 is 0.996. The van der Waals surface area contributed by atoms with Crippen molar-refractivity contribution in [1.29, 1.82) is 0 Å². The molecule has 3 N–H and O–H groups in total. The minimum absolute atomic E-state index is 0.0923. The molecule has 0 fully saturated rings. The van der Waals surface area contributed by atoms with Crippen LogP contribution in [0.4, 0.5) is 4.79 Å². The highest BCUT2D eigenvalue weighted by molar-refractivity contribution is 9.10. The number of carbonyl (C=O) groups is 1. The number of halogens is 1. The van der Waals surface area contributed by atoms with E-state index >= 15 is 0 Å². The highest BCUT2D eigenvalue weighted by atomic mass is 79.9. The summed E-state index contributed by atoms with van der Waals surface area (Å²) >= 11 is 5.00. The van der Waals surface area contributed by atoms with E-state index in [0.717, 1.165) is 14.9 Å². The van der Waals surface area contributed by atoms with E-state index in [9.17, 15) is 9.90 Å². The minimum atomic E-state index is -0.292. The molecule has 0 radical (unpaired) electrons. The number of hydrogen-bond acceptors (Lipinski definition) is 3. The summed E-state index contributed by atoms with van der Waals surface area (Å²) in [4.78, 5) is 12.9. The molecule has 112 valence electrons. The largest absolute Gasteiger partial charge is 0.394 e. The highest BCUT2D eigenvalue weighted by Crippen LogP contribution is 2.22. The second kappa shape index (κ2) is 8.17. The van der Waals surface area contributed by atoms with Gasteiger partial charge >= 0.3 is 6.03 Å². The Bertz CT molecular complexity index is 574. The van der Waals surface area contributed by atoms with Crippen molar-refractivity contribution in [3.8, 4) is 0 Å². The Morgan fingerprint density at radius 3 is 2.67 bits per heavy atom. The molecule has 0 aliphatic carbocycles. The van der Waals surface area contributed by atoms with Gasteiger partial charge in [0.1, 0.15) is 0 Å². The topological polar surface area (TPSA) is 61.4 Å². The lowest BCUT2D eigenvalue weighted by Gasteiger charge is -2.16. The van der Waals surface area contributed by atoms with Gasteiger partial charge in [-0.2, -0.15) is 0 Å². The summed E-state index contributed by atoms with van der Waals surface area (Å²) in [5, 5.41) is 16.9. The number of benzene rings is 1. The van der Waals surface area contributed by atoms with Gasteiger partial charge in [-0.25, -0.2) is 4.79 Å². The quantitative estimate of drug-likeness (QED) is 0.733. The van der Waals surface area contributed by atoms with Crippen LogP contribution in [-0.2, 0) is 13.0 Å². The van der Waals surface area contributed by atoms with E-state index in [0.29, 0.717) is 13.0 Å². The second-order valence-corrected chi connectivity index (χ2v) is 6.44. The van der Waals surface area contributed by atoms with E-state index in [4.69, 9.17) is 0 Å². The van der Waals surface area contributed by atoms with Crippen molar-refractivity contribution in [1.82, 2.24) is 10.6 Å². The van der Waals surface area contributed by atoms with Crippen LogP contribution in [0, 0.1) is 0 Å². The first-order chi connectivity index (χ1) is 10.2. The molecule has 1 aromatic carbocycles. The standard InChI is InChI=1S/C15H17BrN2O2S/c16-13-6-7-21-14(13)9-17-15(20)18-12(10-19)8-11-4-2-1-3-5-11/h1-7,12,19H,8-10H2,(H2,17,18,20). The number of aliphatic hydroxyl groups is 1. The monoisotopic (exact) mass is 368 g/mol. The summed E-state index contributed by atoms with van der Waals surface area (Å²) in [6, 6.07) is 11.2. The first-order valence-electron chi connectivity index (χ1n) is 6.60. The summed E-state index contributed by atoms with van der Waals surface area (Å²) in [5.41, 5.74) is 1.08. The minimum Gasteiger partial charge on any atom is -0.394 e. The zero-order chi connectivity index (χ0) is 15.1. The number of thiophene rings is 1. The number of carbonyl (C=O) groups excluding carboxylic acids is 1. The molecule has 1 aromatic heterocycles. The Kier molecular flexibility index (Phi) is 6.22. The predicted octanol–water partition coefficient (Wildman–Crippen LogP) is 2.91. The van der Waals surface area contributed by atoms with E-state index in [-0.39, 0.29) is 18.7 Å². The molecular weight excluding hydrogens is 352 g/mol. The SMILES string of the molecule is O=C(NCc1sccc1Br)NC(CO)Cc1ccccc1. The third kappa shape index (κ3) is 5.15. The molecule has 21 heavy (non-hydrogen) atoms. The summed E-state index contributed by atoms with van der Waals surface area (Å²) in [5.74, 6) is 0. The summed E-state index contributed by atoms with van der Waals surface area (Å²) in [6.45, 7) is 0.374. The van der Waals surface area contributed by atoms with Gasteiger partial charge in [0.2, 0.25) is 0 Å². The van der Waals surface area contributed by atoms with Gasteiger partial charge in [-0.05, 0) is 39.4 Å². The summed E-state index contributed by atoms with van der Waals surface area (Å²) in [7, 11) is 0. The fourth-order valence-corrected chi connectivity index (χ4v) is 3.34. The van der Waals surface area contributed by atoms with Crippen LogP contribution in [0.5, 0.6) is 0 Å². The van der Waals surface area contributed by atoms with Crippen LogP contribution in [0.2, 0.25) is 0 Å². The highest BCUT2D eigenvalue weighted by Gasteiger charge is 2.12. The maximum atomic E-state index is 11.9. The van der Waals surface area contributed by atoms with Gasteiger partial charge in [-0.15, -0.1) is 11.3 Å². The van der Waals surface area contributed by atoms with Crippen molar-refractivity contribution in [3.05, 3.63) is 56.7 Å². The Hall–Kier alpha value is -1.37. The molecule has 1 unspecified atom stereocenters. The molecule has 6 heteroatoms. The zero-order valence-corrected chi connectivity index (χ0v) is 13.8. The van der Waals surface area contributed by atoms with Crippen molar-refractivity contribution in [3.63, 3.8) is 0 Å². The van der Waals surface area contributed by atoms with Crippen molar-refractivity contribution in [2.75, 3.05) is 6.61 Å². The number of amides is 2. The van der Waals surface area contributed by atoms with Crippen LogP contribution < -0.4 is 10.6 Å². The Morgan fingerprint density at radius 1 is 1.29 bits per heavy atom. The number of nitrogens with one attached hydrogen (secondary N) is 2. The molecule has 0 bridgehead atoms. The molecule has 0 aliphatic heterocycles. The number of hydrogen-bond donors (Lipinski definition) is 3. The first kappa shape index (κ1) is 16.0. The third-order valence-corrected chi connectivity index (χ3v) is 4.91. The van der Waals surface area contributed by atoms with Crippen molar-refractivity contribution in [2.45, 2.75) is 19.0 Å². The molecule has 4 nitrogen and oxygen atoms in total. The van der Waals surface area contributed by atoms with Gasteiger partial charge in [0.15, 0.2) is 0 Å². The normalized spacial score (nSPS) is 11.9. The van der Waals surface area contributed by atoms with Gasteiger partial charge in [-0.3, -0.25) is 0 Å². The van der Waals surface area contributed by atoms with Crippen LogP contribution >= 0.6 is 27.3 Å². The zero-order valence-electron chi connectivity index (χ0n) is 11.4. The number of urea groups is 1. The molecule has 0 saturated carbocycles. The van der Waals surface area contributed by atoms with Crippen molar-refractivity contribution in [2.24, 2.45) is 0 Å². The molecule has 2 aromatic rings. The van der Waals surface area contributed by atoms with Crippen LogP contribution in [0.1, 0.15) is 10.4 Å². The van der Waals surface area contributed by atoms with E-state index in [1.807, 2.05) is 41.8 Å². The Balaban J connectivity index is 1.81. The molecule has 0 spiro atoms. The van der Waals surface area contributed by atoms with Crippen LogP contribution in [-0.4, -0.2) is 23.8 Å². The first-order valence-corrected chi connectivity index (χ1v) is 8.27. The van der Waals surface area contributed by atoms with Crippen molar-refractivity contribution < 1.29 is 9.90 Å². The van der Waals surface area contributed by atoms with Crippen LogP contribution in [0.25, 0.3) is 0 Å². The number of rotatable bonds is 6. The summed E-state index contributed by atoms with van der Waals surface area (Å²) in [6.07, 6.45) is 0.605. The number of aliphatic hydroxyl groups excluding tert-OH is 1. The Morgan fingerprint density at radius 2 is 2.05 bits per heavy atom. The van der Waals surface area contributed by atoms with Gasteiger partial charge < -0.3 is 15.7 Å².